The molecule has 0 saturated heterocycles. The lowest BCUT2D eigenvalue weighted by Crippen LogP contribution is -2.31. The zero-order chi connectivity index (χ0) is 38.8. The van der Waals surface area contributed by atoms with Crippen LogP contribution in [0.5, 0.6) is 0 Å². The highest BCUT2D eigenvalue weighted by molar-refractivity contribution is 5.94. The van der Waals surface area contributed by atoms with E-state index < -0.39 is 5.41 Å². The molecule has 0 heterocycles. The van der Waals surface area contributed by atoms with Crippen LogP contribution < -0.4 is 4.90 Å². The molecule has 2 aliphatic rings. The zero-order valence-corrected chi connectivity index (χ0v) is 33.1. The Balaban J connectivity index is 1.43. The van der Waals surface area contributed by atoms with Crippen LogP contribution in [0.4, 0.5) is 17.1 Å². The molecule has 56 heavy (non-hydrogen) atoms. The molecule has 0 amide bonds. The highest BCUT2D eigenvalue weighted by Gasteiger charge is 2.49. The van der Waals surface area contributed by atoms with Crippen molar-refractivity contribution in [3.8, 4) is 22.3 Å². The second-order valence-corrected chi connectivity index (χ2v) is 17.4. The lowest BCUT2D eigenvalue weighted by Gasteiger charge is -2.38. The van der Waals surface area contributed by atoms with Crippen molar-refractivity contribution >= 4 is 35.5 Å². The molecule has 0 atom stereocenters. The summed E-state index contributed by atoms with van der Waals surface area (Å²) in [6.07, 6.45) is 5.54. The van der Waals surface area contributed by atoms with Crippen LogP contribution in [0, 0.1) is 0 Å². The standard InChI is InChI=1S/C54H47NO/c1-52(2,3)41-26-29-46-47-30-27-42(53(4,5)6)33-51(47)54(50(46)32-41)48-31-40(37-19-17-36(35-56)18-20-37)24-23-38(48)21-22-39-25-28-45(34-49(39)54)55(43-13-9-7-10-14-43)44-15-11-8-12-16-44/h7-35H,1-6H3. The number of para-hydroxylation sites is 2. The molecular weight excluding hydrogens is 679 g/mol. The monoisotopic (exact) mass is 725 g/mol. The predicted octanol–water partition coefficient (Wildman–Crippen LogP) is 14.1. The van der Waals surface area contributed by atoms with Gasteiger partial charge in [-0.2, -0.15) is 0 Å². The highest BCUT2D eigenvalue weighted by Crippen LogP contribution is 2.60. The number of fused-ring (bicyclic) bond motifs is 9. The average Bonchev–Trinajstić information content (AvgIpc) is 3.41. The number of hydrogen-bond donors (Lipinski definition) is 0. The fraction of sp³-hybridized carbons (Fsp3) is 0.167. The van der Waals surface area contributed by atoms with Crippen molar-refractivity contribution in [3.05, 3.63) is 208 Å². The summed E-state index contributed by atoms with van der Waals surface area (Å²) in [5, 5.41) is 0. The fourth-order valence-corrected chi connectivity index (χ4v) is 8.88. The third-order valence-electron chi connectivity index (χ3n) is 11.9. The van der Waals surface area contributed by atoms with E-state index in [1.54, 1.807) is 0 Å². The van der Waals surface area contributed by atoms with Crippen LogP contribution in [0.15, 0.2) is 158 Å². The maximum Gasteiger partial charge on any atom is 0.150 e. The topological polar surface area (TPSA) is 20.3 Å². The summed E-state index contributed by atoms with van der Waals surface area (Å²) in [7, 11) is 0. The number of anilines is 3. The minimum absolute atomic E-state index is 0.0579. The summed E-state index contributed by atoms with van der Waals surface area (Å²) in [6, 6.07) is 57.8. The summed E-state index contributed by atoms with van der Waals surface area (Å²) in [5.74, 6) is 0. The normalized spacial score (nSPS) is 13.7. The minimum Gasteiger partial charge on any atom is -0.310 e. The van der Waals surface area contributed by atoms with Gasteiger partial charge in [0.05, 0.1) is 5.41 Å². The Kier molecular flexibility index (Phi) is 8.36. The van der Waals surface area contributed by atoms with Gasteiger partial charge >= 0.3 is 0 Å². The van der Waals surface area contributed by atoms with Crippen LogP contribution in [-0.2, 0) is 16.2 Å². The maximum atomic E-state index is 11.6. The number of hydrogen-bond acceptors (Lipinski definition) is 2. The summed E-state index contributed by atoms with van der Waals surface area (Å²) >= 11 is 0. The molecule has 0 N–H and O–H groups in total. The lowest BCUT2D eigenvalue weighted by molar-refractivity contribution is 0.112. The smallest absolute Gasteiger partial charge is 0.150 e. The molecule has 0 aliphatic heterocycles. The van der Waals surface area contributed by atoms with Crippen LogP contribution in [0.3, 0.4) is 0 Å². The van der Waals surface area contributed by atoms with Gasteiger partial charge in [0.2, 0.25) is 0 Å². The molecule has 0 radical (unpaired) electrons. The van der Waals surface area contributed by atoms with Crippen LogP contribution in [0.2, 0.25) is 0 Å². The second kappa shape index (κ2) is 13.2. The predicted molar refractivity (Wildman–Crippen MR) is 236 cm³/mol. The van der Waals surface area contributed by atoms with Crippen molar-refractivity contribution in [2.24, 2.45) is 0 Å². The summed E-state index contributed by atoms with van der Waals surface area (Å²) in [4.78, 5) is 14.0. The van der Waals surface area contributed by atoms with Crippen molar-refractivity contribution in [1.82, 2.24) is 0 Å². The van der Waals surface area contributed by atoms with E-state index in [4.69, 9.17) is 0 Å². The molecule has 0 fully saturated rings. The third kappa shape index (κ3) is 5.75. The molecule has 2 nitrogen and oxygen atoms in total. The minimum atomic E-state index is -0.658. The van der Waals surface area contributed by atoms with Gasteiger partial charge in [-0.05, 0) is 120 Å². The SMILES string of the molecule is CC(C)(C)c1ccc2c(c1)C1(c3cc(-c4ccc(C=O)cc4)ccc3C=Cc3ccc(N(c4ccccc4)c4ccccc4)cc31)c1cc(C(C)(C)C)ccc1-2. The summed E-state index contributed by atoms with van der Waals surface area (Å²) < 4.78 is 0. The first-order valence-corrected chi connectivity index (χ1v) is 19.7. The molecule has 2 aliphatic carbocycles. The molecule has 7 aromatic carbocycles. The first-order valence-electron chi connectivity index (χ1n) is 19.7. The molecular formula is C54H47NO. The first kappa shape index (κ1) is 35.5. The van der Waals surface area contributed by atoms with E-state index in [2.05, 4.69) is 204 Å². The Morgan fingerprint density at radius 3 is 1.43 bits per heavy atom. The number of carbonyl (C=O) groups excluding carboxylic acids is 1. The number of benzene rings is 7. The average molecular weight is 726 g/mol. The van der Waals surface area contributed by atoms with Crippen LogP contribution >= 0.6 is 0 Å². The van der Waals surface area contributed by atoms with Crippen molar-refractivity contribution in [2.45, 2.75) is 57.8 Å². The highest BCUT2D eigenvalue weighted by atomic mass is 16.1. The van der Waals surface area contributed by atoms with E-state index in [0.717, 1.165) is 34.5 Å². The van der Waals surface area contributed by atoms with E-state index in [1.165, 1.54) is 55.6 Å². The van der Waals surface area contributed by atoms with Crippen LogP contribution in [0.25, 0.3) is 34.4 Å². The van der Waals surface area contributed by atoms with Gasteiger partial charge < -0.3 is 4.90 Å². The van der Waals surface area contributed by atoms with E-state index in [1.807, 2.05) is 12.1 Å². The number of carbonyl (C=O) groups is 1. The molecule has 9 rings (SSSR count). The van der Waals surface area contributed by atoms with Crippen LogP contribution in [-0.4, -0.2) is 6.29 Å². The van der Waals surface area contributed by atoms with Crippen molar-refractivity contribution < 1.29 is 4.79 Å². The van der Waals surface area contributed by atoms with E-state index in [0.29, 0.717) is 5.56 Å². The van der Waals surface area contributed by atoms with E-state index in [9.17, 15) is 4.79 Å². The van der Waals surface area contributed by atoms with Gasteiger partial charge in [-0.25, -0.2) is 0 Å². The van der Waals surface area contributed by atoms with Gasteiger partial charge in [-0.3, -0.25) is 4.79 Å². The first-order chi connectivity index (χ1) is 27.0. The van der Waals surface area contributed by atoms with E-state index >= 15 is 0 Å². The Morgan fingerprint density at radius 2 is 0.929 bits per heavy atom. The Hall–Kier alpha value is -6.25. The Bertz CT molecular complexity index is 2550. The van der Waals surface area contributed by atoms with Crippen LogP contribution in [0.1, 0.15) is 96.4 Å². The largest absolute Gasteiger partial charge is 0.310 e. The lowest BCUT2D eigenvalue weighted by atomic mass is 9.64. The van der Waals surface area contributed by atoms with Gasteiger partial charge in [0.1, 0.15) is 6.29 Å². The second-order valence-electron chi connectivity index (χ2n) is 17.4. The van der Waals surface area contributed by atoms with E-state index in [-0.39, 0.29) is 10.8 Å². The molecule has 0 aromatic heterocycles. The number of nitrogens with zero attached hydrogens (tertiary/aromatic N) is 1. The van der Waals surface area contributed by atoms with Crippen molar-refractivity contribution in [2.75, 3.05) is 4.90 Å². The molecule has 0 bridgehead atoms. The molecule has 1 spiro atoms. The Morgan fingerprint density at radius 1 is 0.446 bits per heavy atom. The third-order valence-corrected chi connectivity index (χ3v) is 11.9. The van der Waals surface area contributed by atoms with Gasteiger partial charge in [-0.1, -0.05) is 169 Å². The van der Waals surface area contributed by atoms with Gasteiger partial charge in [0.15, 0.2) is 0 Å². The van der Waals surface area contributed by atoms with Crippen molar-refractivity contribution in [1.29, 1.82) is 0 Å². The van der Waals surface area contributed by atoms with Gasteiger partial charge in [0.25, 0.3) is 0 Å². The maximum absolute atomic E-state index is 11.6. The molecule has 0 saturated carbocycles. The quantitative estimate of drug-likeness (QED) is 0.165. The number of aldehydes is 1. The van der Waals surface area contributed by atoms with Gasteiger partial charge in [0, 0.05) is 22.6 Å². The van der Waals surface area contributed by atoms with Gasteiger partial charge in [-0.15, -0.1) is 0 Å². The molecule has 2 heteroatoms. The molecule has 274 valence electrons. The Labute approximate surface area is 331 Å². The molecule has 0 unspecified atom stereocenters. The molecule has 7 aromatic rings. The van der Waals surface area contributed by atoms with Crippen molar-refractivity contribution in [3.63, 3.8) is 0 Å². The zero-order valence-electron chi connectivity index (χ0n) is 33.1. The summed E-state index contributed by atoms with van der Waals surface area (Å²) in [6.45, 7) is 13.9. The number of rotatable bonds is 5. The fourth-order valence-electron chi connectivity index (χ4n) is 8.88. The summed E-state index contributed by atoms with van der Waals surface area (Å²) in [5.41, 5.74) is 18.1.